The lowest BCUT2D eigenvalue weighted by molar-refractivity contribution is 0.0695. The van der Waals surface area contributed by atoms with Gasteiger partial charge in [-0.15, -0.1) is 0 Å². The maximum absolute atomic E-state index is 10.7. The third kappa shape index (κ3) is 2.01. The Bertz CT molecular complexity index is 447. The topological polar surface area (TPSA) is 96.7 Å². The molecule has 2 rings (SSSR count). The molecule has 0 unspecified atom stereocenters. The highest BCUT2D eigenvalue weighted by Crippen LogP contribution is 2.05. The van der Waals surface area contributed by atoms with Gasteiger partial charge in [0.2, 0.25) is 0 Å². The summed E-state index contributed by atoms with van der Waals surface area (Å²) in [6.45, 7) is 0.572. The number of nitrogens with one attached hydrogen (secondary N) is 1. The lowest BCUT2D eigenvalue weighted by Crippen LogP contribution is -2.06. The molecule has 0 saturated carbocycles. The summed E-state index contributed by atoms with van der Waals surface area (Å²) in [5, 5.41) is 19.1. The van der Waals surface area contributed by atoms with Gasteiger partial charge in [-0.25, -0.2) is 9.78 Å². The molecular weight excluding hydrogens is 198 g/mol. The Morgan fingerprint density at radius 3 is 3.13 bits per heavy atom. The number of carbonyl (C=O) groups is 1. The Morgan fingerprint density at radius 1 is 1.60 bits per heavy atom. The molecule has 2 aromatic heterocycles. The van der Waals surface area contributed by atoms with Crippen LogP contribution < -0.4 is 0 Å². The fourth-order valence-electron chi connectivity index (χ4n) is 1.26. The van der Waals surface area contributed by atoms with Crippen molar-refractivity contribution in [1.29, 1.82) is 0 Å². The largest absolute Gasteiger partial charge is 0.478 e. The Kier molecular flexibility index (Phi) is 2.44. The number of carboxylic acids is 1. The predicted molar refractivity (Wildman–Crippen MR) is 49.3 cm³/mol. The zero-order chi connectivity index (χ0) is 10.7. The van der Waals surface area contributed by atoms with E-state index in [9.17, 15) is 4.79 Å². The van der Waals surface area contributed by atoms with Crippen molar-refractivity contribution in [3.05, 3.63) is 30.1 Å². The first-order valence-corrected chi connectivity index (χ1v) is 4.35. The van der Waals surface area contributed by atoms with E-state index in [0.717, 1.165) is 0 Å². The summed E-state index contributed by atoms with van der Waals surface area (Å²) in [5.41, 5.74) is 0.799. The van der Waals surface area contributed by atoms with E-state index in [-0.39, 0.29) is 5.56 Å². The van der Waals surface area contributed by atoms with Crippen molar-refractivity contribution in [2.75, 3.05) is 0 Å². The Morgan fingerprint density at radius 2 is 2.47 bits per heavy atom. The van der Waals surface area contributed by atoms with Crippen LogP contribution in [0.15, 0.2) is 18.9 Å². The minimum atomic E-state index is -0.975. The van der Waals surface area contributed by atoms with Crippen molar-refractivity contribution < 1.29 is 9.90 Å². The molecule has 2 heterocycles. The molecule has 0 radical (unpaired) electrons. The van der Waals surface area contributed by atoms with Crippen LogP contribution >= 0.6 is 0 Å². The van der Waals surface area contributed by atoms with Gasteiger partial charge in [0.15, 0.2) is 0 Å². The monoisotopic (exact) mass is 207 g/mol. The Labute approximate surface area is 84.8 Å². The van der Waals surface area contributed by atoms with Gasteiger partial charge in [0, 0.05) is 13.0 Å². The molecule has 0 fully saturated rings. The molecule has 0 saturated heterocycles. The molecule has 78 valence electrons. The smallest absolute Gasteiger partial charge is 0.339 e. The fraction of sp³-hybridized carbons (Fsp3) is 0.250. The normalized spacial score (nSPS) is 10.4. The molecule has 0 spiro atoms. The number of rotatable bonds is 4. The number of H-pyrrole nitrogens is 1. The molecule has 0 aliphatic heterocycles. The molecule has 0 bridgehead atoms. The minimum Gasteiger partial charge on any atom is -0.478 e. The van der Waals surface area contributed by atoms with Crippen LogP contribution in [0.25, 0.3) is 0 Å². The number of aromatic nitrogens is 5. The Hall–Kier alpha value is -2.18. The number of carboxylic acid groups (broad SMARTS) is 1. The zero-order valence-electron chi connectivity index (χ0n) is 7.79. The number of nitrogens with zero attached hydrogens (tertiary/aromatic N) is 4. The zero-order valence-corrected chi connectivity index (χ0v) is 7.79. The van der Waals surface area contributed by atoms with Gasteiger partial charge < -0.3 is 5.11 Å². The van der Waals surface area contributed by atoms with Crippen molar-refractivity contribution in [2.45, 2.75) is 13.0 Å². The molecule has 7 nitrogen and oxygen atoms in total. The average molecular weight is 207 g/mol. The van der Waals surface area contributed by atoms with Crippen molar-refractivity contribution in [3.63, 3.8) is 0 Å². The van der Waals surface area contributed by atoms with E-state index in [1.807, 2.05) is 0 Å². The second-order valence-corrected chi connectivity index (χ2v) is 2.98. The second-order valence-electron chi connectivity index (χ2n) is 2.98. The van der Waals surface area contributed by atoms with E-state index >= 15 is 0 Å². The molecule has 0 aliphatic carbocycles. The lowest BCUT2D eigenvalue weighted by Gasteiger charge is -1.99. The van der Waals surface area contributed by atoms with E-state index in [1.54, 1.807) is 11.0 Å². The second kappa shape index (κ2) is 3.91. The van der Waals surface area contributed by atoms with E-state index in [4.69, 9.17) is 5.11 Å². The van der Waals surface area contributed by atoms with Crippen LogP contribution in [0.5, 0.6) is 0 Å². The van der Waals surface area contributed by atoms with Gasteiger partial charge >= 0.3 is 5.97 Å². The van der Waals surface area contributed by atoms with E-state index < -0.39 is 5.97 Å². The maximum Gasteiger partial charge on any atom is 0.339 e. The van der Waals surface area contributed by atoms with Crippen molar-refractivity contribution in [3.8, 4) is 0 Å². The van der Waals surface area contributed by atoms with Crippen LogP contribution in [-0.2, 0) is 13.0 Å². The summed E-state index contributed by atoms with van der Waals surface area (Å²) in [6.07, 6.45) is 4.85. The van der Waals surface area contributed by atoms with Gasteiger partial charge in [0.1, 0.15) is 18.2 Å². The van der Waals surface area contributed by atoms with Gasteiger partial charge in [-0.3, -0.25) is 9.78 Å². The van der Waals surface area contributed by atoms with Crippen LogP contribution in [0.4, 0.5) is 0 Å². The minimum absolute atomic E-state index is 0.204. The first kappa shape index (κ1) is 9.38. The Balaban J connectivity index is 2.05. The molecule has 15 heavy (non-hydrogen) atoms. The van der Waals surface area contributed by atoms with Crippen LogP contribution in [-0.4, -0.2) is 36.0 Å². The van der Waals surface area contributed by atoms with Gasteiger partial charge in [-0.2, -0.15) is 10.2 Å². The number of aryl methyl sites for hydroxylation is 2. The first-order valence-electron chi connectivity index (χ1n) is 4.35. The van der Waals surface area contributed by atoms with Crippen LogP contribution in [0.3, 0.4) is 0 Å². The van der Waals surface area contributed by atoms with E-state index in [0.29, 0.717) is 18.7 Å². The van der Waals surface area contributed by atoms with Crippen molar-refractivity contribution in [1.82, 2.24) is 25.0 Å². The SMILES string of the molecule is O=C(O)c1cn[nH]c1CCn1cncn1. The maximum atomic E-state index is 10.7. The quantitative estimate of drug-likeness (QED) is 0.732. The van der Waals surface area contributed by atoms with E-state index in [1.165, 1.54) is 12.5 Å². The summed E-state index contributed by atoms with van der Waals surface area (Å²) < 4.78 is 1.63. The molecule has 7 heteroatoms. The molecule has 0 atom stereocenters. The number of aromatic carboxylic acids is 1. The summed E-state index contributed by atoms with van der Waals surface area (Å²) in [5.74, 6) is -0.975. The van der Waals surface area contributed by atoms with Gasteiger partial charge in [-0.05, 0) is 0 Å². The number of aromatic amines is 1. The molecule has 0 aliphatic rings. The predicted octanol–water partition coefficient (Wildman–Crippen LogP) is -0.0579. The molecule has 2 aromatic rings. The van der Waals surface area contributed by atoms with E-state index in [2.05, 4.69) is 20.3 Å². The third-order valence-electron chi connectivity index (χ3n) is 2.01. The van der Waals surface area contributed by atoms with Gasteiger partial charge in [0.25, 0.3) is 0 Å². The van der Waals surface area contributed by atoms with Gasteiger partial charge in [-0.1, -0.05) is 0 Å². The fourth-order valence-corrected chi connectivity index (χ4v) is 1.26. The number of hydrogen-bond acceptors (Lipinski definition) is 4. The summed E-state index contributed by atoms with van der Waals surface area (Å²) >= 11 is 0. The molecule has 0 amide bonds. The highest BCUT2D eigenvalue weighted by Gasteiger charge is 2.11. The molecule has 2 N–H and O–H groups in total. The summed E-state index contributed by atoms with van der Waals surface area (Å²) in [4.78, 5) is 14.5. The highest BCUT2D eigenvalue weighted by atomic mass is 16.4. The van der Waals surface area contributed by atoms with Crippen LogP contribution in [0.2, 0.25) is 0 Å². The third-order valence-corrected chi connectivity index (χ3v) is 2.01. The standard InChI is InChI=1S/C8H9N5O2/c14-8(15)6-3-10-12-7(6)1-2-13-5-9-4-11-13/h3-5H,1-2H2,(H,10,12)(H,14,15). The van der Waals surface area contributed by atoms with Crippen LogP contribution in [0, 0.1) is 0 Å². The van der Waals surface area contributed by atoms with Crippen molar-refractivity contribution in [2.24, 2.45) is 0 Å². The van der Waals surface area contributed by atoms with Crippen LogP contribution in [0.1, 0.15) is 16.1 Å². The summed E-state index contributed by atoms with van der Waals surface area (Å²) in [6, 6.07) is 0. The summed E-state index contributed by atoms with van der Waals surface area (Å²) in [7, 11) is 0. The number of hydrogen-bond donors (Lipinski definition) is 2. The first-order chi connectivity index (χ1) is 7.27. The van der Waals surface area contributed by atoms with Gasteiger partial charge in [0.05, 0.1) is 11.9 Å². The van der Waals surface area contributed by atoms with Crippen molar-refractivity contribution >= 4 is 5.97 Å². The highest BCUT2D eigenvalue weighted by molar-refractivity contribution is 5.88. The molecule has 0 aromatic carbocycles. The lowest BCUT2D eigenvalue weighted by atomic mass is 10.2. The molecular formula is C8H9N5O2. The average Bonchev–Trinajstić information content (AvgIpc) is 2.86.